The van der Waals surface area contributed by atoms with E-state index in [1.54, 1.807) is 0 Å². The molecule has 1 fully saturated rings. The lowest BCUT2D eigenvalue weighted by Crippen LogP contribution is -2.41. The molecule has 0 amide bonds. The molecule has 0 unspecified atom stereocenters. The van der Waals surface area contributed by atoms with Crippen LogP contribution in [0.25, 0.3) is 0 Å². The van der Waals surface area contributed by atoms with Gasteiger partial charge in [-0.25, -0.2) is 0 Å². The van der Waals surface area contributed by atoms with Crippen LogP contribution in [0, 0.1) is 5.92 Å². The van der Waals surface area contributed by atoms with Crippen LogP contribution in [-0.2, 0) is 15.7 Å². The van der Waals surface area contributed by atoms with Gasteiger partial charge in [0.25, 0.3) is 0 Å². The van der Waals surface area contributed by atoms with Gasteiger partial charge in [-0.1, -0.05) is 37.3 Å². The van der Waals surface area contributed by atoms with Crippen LogP contribution in [0.4, 0.5) is 0 Å². The fourth-order valence-electron chi connectivity index (χ4n) is 2.49. The monoisotopic (exact) mass is 260 g/mol. The van der Waals surface area contributed by atoms with Crippen LogP contribution < -0.4 is 0 Å². The Bertz CT molecular complexity index is 398. The average Bonchev–Trinajstić information content (AvgIpc) is 2.47. The zero-order chi connectivity index (χ0) is 14.1. The predicted octanol–water partition coefficient (Wildman–Crippen LogP) is 3.96. The summed E-state index contributed by atoms with van der Waals surface area (Å²) in [5, 5.41) is 0. The molecule has 1 aromatic carbocycles. The molecule has 0 aliphatic carbocycles. The third kappa shape index (κ3) is 3.40. The fourth-order valence-corrected chi connectivity index (χ4v) is 2.49. The molecule has 2 nitrogen and oxygen atoms in total. The molecule has 0 aromatic heterocycles. The maximum Gasteiger partial charge on any atom is 0.458 e. The van der Waals surface area contributed by atoms with Crippen molar-refractivity contribution < 1.29 is 9.31 Å². The van der Waals surface area contributed by atoms with Gasteiger partial charge in [0, 0.05) is 0 Å². The van der Waals surface area contributed by atoms with Crippen LogP contribution in [-0.4, -0.2) is 18.3 Å². The second-order valence-electron chi connectivity index (χ2n) is 6.72. The molecule has 2 rings (SSSR count). The van der Waals surface area contributed by atoms with E-state index in [1.807, 2.05) is 0 Å². The minimum atomic E-state index is -0.218. The van der Waals surface area contributed by atoms with Gasteiger partial charge in [-0.15, -0.1) is 0 Å². The lowest BCUT2D eigenvalue weighted by molar-refractivity contribution is 0.00578. The van der Waals surface area contributed by atoms with E-state index in [0.29, 0.717) is 5.92 Å². The first-order valence-electron chi connectivity index (χ1n) is 7.20. The van der Waals surface area contributed by atoms with Crippen LogP contribution in [0.2, 0.25) is 6.32 Å². The third-order valence-corrected chi connectivity index (χ3v) is 4.32. The minimum absolute atomic E-state index is 0.0799. The molecule has 1 saturated heterocycles. The summed E-state index contributed by atoms with van der Waals surface area (Å²) in [4.78, 5) is 0. The molecule has 0 spiro atoms. The van der Waals surface area contributed by atoms with Gasteiger partial charge in [-0.3, -0.25) is 0 Å². The molecule has 1 aromatic rings. The second-order valence-corrected chi connectivity index (χ2v) is 6.72. The molecular formula is C16H25BO2. The van der Waals surface area contributed by atoms with Crippen molar-refractivity contribution in [1.82, 2.24) is 0 Å². The van der Waals surface area contributed by atoms with Gasteiger partial charge >= 0.3 is 7.12 Å². The second kappa shape index (κ2) is 5.30. The lowest BCUT2D eigenvalue weighted by Gasteiger charge is -2.32. The molecule has 0 saturated carbocycles. The number of hydrogen-bond donors (Lipinski definition) is 0. The molecule has 3 heteroatoms. The van der Waals surface area contributed by atoms with Crippen LogP contribution in [0.1, 0.15) is 40.2 Å². The zero-order valence-corrected chi connectivity index (χ0v) is 12.8. The van der Waals surface area contributed by atoms with Crippen molar-refractivity contribution in [2.45, 2.75) is 58.6 Å². The van der Waals surface area contributed by atoms with Crippen LogP contribution >= 0.6 is 0 Å². The Morgan fingerprint density at radius 2 is 1.53 bits per heavy atom. The molecule has 0 N–H and O–H groups in total. The first kappa shape index (κ1) is 14.6. The van der Waals surface area contributed by atoms with Gasteiger partial charge < -0.3 is 9.31 Å². The average molecular weight is 260 g/mol. The lowest BCUT2D eigenvalue weighted by atomic mass is 9.76. The molecule has 1 heterocycles. The van der Waals surface area contributed by atoms with Crippen molar-refractivity contribution in [3.8, 4) is 0 Å². The maximum absolute atomic E-state index is 6.05. The van der Waals surface area contributed by atoms with E-state index in [9.17, 15) is 0 Å². The Hall–Kier alpha value is -0.795. The molecule has 0 bridgehead atoms. The van der Waals surface area contributed by atoms with Crippen molar-refractivity contribution in [2.75, 3.05) is 0 Å². The highest BCUT2D eigenvalue weighted by molar-refractivity contribution is 6.45. The van der Waals surface area contributed by atoms with E-state index in [1.165, 1.54) is 5.56 Å². The summed E-state index contributed by atoms with van der Waals surface area (Å²) in [6.07, 6.45) is 2.02. The first-order valence-corrected chi connectivity index (χ1v) is 7.20. The highest BCUT2D eigenvalue weighted by atomic mass is 16.7. The predicted molar refractivity (Wildman–Crippen MR) is 80.2 cm³/mol. The molecule has 1 aliphatic heterocycles. The topological polar surface area (TPSA) is 18.5 Å². The molecule has 1 atom stereocenters. The van der Waals surface area contributed by atoms with E-state index in [0.717, 1.165) is 12.7 Å². The Balaban J connectivity index is 1.89. The van der Waals surface area contributed by atoms with Gasteiger partial charge in [0.05, 0.1) is 11.2 Å². The smallest absolute Gasteiger partial charge is 0.403 e. The van der Waals surface area contributed by atoms with Crippen molar-refractivity contribution in [2.24, 2.45) is 5.92 Å². The van der Waals surface area contributed by atoms with E-state index in [2.05, 4.69) is 65.0 Å². The van der Waals surface area contributed by atoms with Gasteiger partial charge in [0.15, 0.2) is 0 Å². The van der Waals surface area contributed by atoms with Gasteiger partial charge in [0.1, 0.15) is 0 Å². The normalized spacial score (nSPS) is 22.5. The standard InChI is InChI=1S/C16H25BO2/c1-13(11-14-9-7-6-8-10-14)12-17-18-15(2,3)16(4,5)19-17/h6-10,13H,11-12H2,1-5H3/t13-/m0/s1. The zero-order valence-electron chi connectivity index (χ0n) is 12.8. The van der Waals surface area contributed by atoms with Crippen LogP contribution in [0.15, 0.2) is 30.3 Å². The van der Waals surface area contributed by atoms with Crippen molar-refractivity contribution in [3.05, 3.63) is 35.9 Å². The number of benzene rings is 1. The van der Waals surface area contributed by atoms with Crippen LogP contribution in [0.3, 0.4) is 0 Å². The summed E-state index contributed by atoms with van der Waals surface area (Å²) < 4.78 is 12.1. The minimum Gasteiger partial charge on any atom is -0.403 e. The largest absolute Gasteiger partial charge is 0.458 e. The number of rotatable bonds is 4. The van der Waals surface area contributed by atoms with Gasteiger partial charge in [0.2, 0.25) is 0 Å². The molecule has 19 heavy (non-hydrogen) atoms. The van der Waals surface area contributed by atoms with Crippen LogP contribution in [0.5, 0.6) is 0 Å². The number of hydrogen-bond acceptors (Lipinski definition) is 2. The maximum atomic E-state index is 6.05. The summed E-state index contributed by atoms with van der Waals surface area (Å²) >= 11 is 0. The Morgan fingerprint density at radius 1 is 1.00 bits per heavy atom. The molecule has 104 valence electrons. The summed E-state index contributed by atoms with van der Waals surface area (Å²) in [6, 6.07) is 10.6. The summed E-state index contributed by atoms with van der Waals surface area (Å²) in [7, 11) is -0.0799. The van der Waals surface area contributed by atoms with Gasteiger partial charge in [-0.2, -0.15) is 0 Å². The summed E-state index contributed by atoms with van der Waals surface area (Å²) in [5.74, 6) is 0.553. The third-order valence-electron chi connectivity index (χ3n) is 4.32. The molecular weight excluding hydrogens is 235 g/mol. The van der Waals surface area contributed by atoms with Crippen molar-refractivity contribution in [3.63, 3.8) is 0 Å². The van der Waals surface area contributed by atoms with Crippen molar-refractivity contribution in [1.29, 1.82) is 0 Å². The first-order chi connectivity index (χ1) is 8.80. The van der Waals surface area contributed by atoms with E-state index in [-0.39, 0.29) is 18.3 Å². The SMILES string of the molecule is C[C@H](CB1OC(C)(C)C(C)(C)O1)Cc1ccccc1. The van der Waals surface area contributed by atoms with Gasteiger partial charge in [-0.05, 0) is 51.9 Å². The Morgan fingerprint density at radius 3 is 2.05 bits per heavy atom. The van der Waals surface area contributed by atoms with E-state index in [4.69, 9.17) is 9.31 Å². The van der Waals surface area contributed by atoms with E-state index < -0.39 is 0 Å². The highest BCUT2D eigenvalue weighted by Gasteiger charge is 2.50. The summed E-state index contributed by atoms with van der Waals surface area (Å²) in [6.45, 7) is 10.7. The quantitative estimate of drug-likeness (QED) is 0.763. The summed E-state index contributed by atoms with van der Waals surface area (Å²) in [5.41, 5.74) is 0.945. The van der Waals surface area contributed by atoms with Crippen molar-refractivity contribution >= 4 is 7.12 Å². The molecule has 1 aliphatic rings. The highest BCUT2D eigenvalue weighted by Crippen LogP contribution is 2.38. The Labute approximate surface area is 117 Å². The fraction of sp³-hybridized carbons (Fsp3) is 0.625. The van der Waals surface area contributed by atoms with E-state index >= 15 is 0 Å². The Kier molecular flexibility index (Phi) is 4.07. The molecule has 0 radical (unpaired) electrons.